The minimum atomic E-state index is -1.63. The predicted octanol–water partition coefficient (Wildman–Crippen LogP) is 25.6. The summed E-state index contributed by atoms with van der Waals surface area (Å²) in [5.41, 5.74) is 0. The molecule has 564 valence electrons. The zero-order valence-electron chi connectivity index (χ0n) is 64.7. The minimum absolute atomic E-state index is 0.146. The van der Waals surface area contributed by atoms with Gasteiger partial charge in [-0.25, -0.2) is 0 Å². The molecular formula is C88H159NO8. The maximum atomic E-state index is 13.0. The van der Waals surface area contributed by atoms with Gasteiger partial charge in [0.1, 0.15) is 13.2 Å². The Morgan fingerprint density at radius 3 is 0.876 bits per heavy atom. The van der Waals surface area contributed by atoms with Gasteiger partial charge in [-0.2, -0.15) is 0 Å². The first-order valence-corrected chi connectivity index (χ1v) is 41.7. The van der Waals surface area contributed by atoms with Crippen molar-refractivity contribution < 1.29 is 42.9 Å². The molecule has 2 unspecified atom stereocenters. The van der Waals surface area contributed by atoms with E-state index >= 15 is 0 Å². The Labute approximate surface area is 601 Å². The highest BCUT2D eigenvalue weighted by Gasteiger charge is 2.22. The number of carbonyl (C=O) groups is 3. The van der Waals surface area contributed by atoms with Gasteiger partial charge in [0.05, 0.1) is 40.3 Å². The van der Waals surface area contributed by atoms with Crippen LogP contribution in [0.25, 0.3) is 0 Å². The van der Waals surface area contributed by atoms with Crippen LogP contribution in [0.3, 0.4) is 0 Å². The summed E-state index contributed by atoms with van der Waals surface area (Å²) in [4.78, 5) is 37.6. The molecule has 2 atom stereocenters. The number of ether oxygens (including phenoxy) is 4. The Morgan fingerprint density at radius 2 is 0.588 bits per heavy atom. The molecule has 0 aromatic rings. The summed E-state index contributed by atoms with van der Waals surface area (Å²) in [6, 6.07) is 0. The quantitative estimate of drug-likeness (QED) is 0.0195. The molecule has 0 aliphatic heterocycles. The number of carboxylic acid groups (broad SMARTS) is 1. The zero-order valence-corrected chi connectivity index (χ0v) is 64.7. The lowest BCUT2D eigenvalue weighted by Gasteiger charge is -2.26. The molecule has 0 heterocycles. The molecule has 9 nitrogen and oxygen atoms in total. The number of likely N-dealkylation sites (N-methyl/N-ethyl adjacent to an activating group) is 1. The average molecular weight is 1360 g/mol. The minimum Gasteiger partial charge on any atom is -0.545 e. The van der Waals surface area contributed by atoms with Gasteiger partial charge in [0.2, 0.25) is 0 Å². The molecule has 9 heteroatoms. The molecule has 0 aromatic carbocycles. The fourth-order valence-electron chi connectivity index (χ4n) is 12.3. The van der Waals surface area contributed by atoms with Crippen molar-refractivity contribution in [3.8, 4) is 0 Å². The molecule has 0 N–H and O–H groups in total. The van der Waals surface area contributed by atoms with Crippen LogP contribution in [-0.4, -0.2) is 82.3 Å². The fraction of sp³-hybridized carbons (Fsp3) is 0.807. The standard InChI is InChI=1S/C88H159NO8/c1-6-8-10-12-14-16-18-20-22-24-26-28-30-32-34-36-38-40-41-42-43-44-45-47-48-50-52-54-56-58-60-62-64-66-68-70-72-74-76-78-85(90)95-82-84(83-96-88(87(92)93)94-81-80-89(3,4)5)97-86(91)79-77-75-73-71-69-67-65-63-61-59-57-55-53-51-49-46-39-37-35-33-31-29-27-25-23-21-19-17-15-13-11-9-7-2/h9,11,15,17,21,23,27,29,33,35,39,46,51,53,84,88H,6-8,10,12-14,16,18-20,22,24-26,28,30-32,34,36-38,40-45,47-50,52,54-83H2,1-5H3/b11-9-,17-15-,23-21-,29-27-,35-33-,46-39-,53-51-. The largest absolute Gasteiger partial charge is 0.545 e. The summed E-state index contributed by atoms with van der Waals surface area (Å²) in [6.07, 6.45) is 104. The Bertz CT molecular complexity index is 1870. The SMILES string of the molecule is CC/C=C\C/C=C\C/C=C\C/C=C\C/C=C\C/C=C\C/C=C\CCCCCCCCCCCCCC(=O)OC(COC(=O)CCCCCCCCCCCCCCCCCCCCCCCCCCCCCCCCCCCCCCCCC)COC(OCC[N+](C)(C)C)C(=O)[O-]. The Kier molecular flexibility index (Phi) is 75.3. The number of aliphatic carboxylic acids is 1. The summed E-state index contributed by atoms with van der Waals surface area (Å²) < 4.78 is 22.9. The number of rotatable bonds is 78. The summed E-state index contributed by atoms with van der Waals surface area (Å²) in [5, 5.41) is 11.9. The average Bonchev–Trinajstić information content (AvgIpc) is 2.59. The van der Waals surface area contributed by atoms with Crippen molar-refractivity contribution >= 4 is 17.9 Å². The van der Waals surface area contributed by atoms with Gasteiger partial charge in [-0.1, -0.05) is 401 Å². The first-order chi connectivity index (χ1) is 47.6. The third-order valence-electron chi connectivity index (χ3n) is 18.7. The smallest absolute Gasteiger partial charge is 0.306 e. The van der Waals surface area contributed by atoms with Crippen molar-refractivity contribution in [1.82, 2.24) is 0 Å². The number of carbonyl (C=O) groups excluding carboxylic acids is 3. The number of nitrogens with zero attached hydrogens (tertiary/aromatic N) is 1. The molecule has 0 spiro atoms. The zero-order chi connectivity index (χ0) is 70.4. The summed E-state index contributed by atoms with van der Waals surface area (Å²) in [5.74, 6) is -2.27. The maximum Gasteiger partial charge on any atom is 0.306 e. The van der Waals surface area contributed by atoms with Gasteiger partial charge < -0.3 is 33.3 Å². The van der Waals surface area contributed by atoms with Crippen LogP contribution in [0.2, 0.25) is 0 Å². The van der Waals surface area contributed by atoms with Crippen LogP contribution in [0.1, 0.15) is 399 Å². The fourth-order valence-corrected chi connectivity index (χ4v) is 12.3. The van der Waals surface area contributed by atoms with E-state index in [1.807, 2.05) is 21.1 Å². The highest BCUT2D eigenvalue weighted by molar-refractivity contribution is 5.70. The van der Waals surface area contributed by atoms with E-state index in [1.165, 1.54) is 276 Å². The van der Waals surface area contributed by atoms with Crippen LogP contribution < -0.4 is 5.11 Å². The molecule has 0 bridgehead atoms. The highest BCUT2D eigenvalue weighted by Crippen LogP contribution is 2.20. The number of esters is 2. The van der Waals surface area contributed by atoms with Gasteiger partial charge in [-0.15, -0.1) is 0 Å². The molecular weight excluding hydrogens is 1200 g/mol. The topological polar surface area (TPSA) is 111 Å². The summed E-state index contributed by atoms with van der Waals surface area (Å²) in [6.45, 7) is 4.69. The van der Waals surface area contributed by atoms with E-state index < -0.39 is 24.3 Å². The molecule has 0 amide bonds. The first kappa shape index (κ1) is 93.5. The van der Waals surface area contributed by atoms with Gasteiger partial charge in [-0.3, -0.25) is 9.59 Å². The highest BCUT2D eigenvalue weighted by atomic mass is 16.7. The number of allylic oxidation sites excluding steroid dienone is 14. The van der Waals surface area contributed by atoms with Crippen LogP contribution in [0.5, 0.6) is 0 Å². The van der Waals surface area contributed by atoms with E-state index in [0.717, 1.165) is 89.9 Å². The summed E-state index contributed by atoms with van der Waals surface area (Å²) in [7, 11) is 5.94. The number of hydrogen-bond acceptors (Lipinski definition) is 8. The number of hydrogen-bond donors (Lipinski definition) is 0. The lowest BCUT2D eigenvalue weighted by atomic mass is 10.0. The molecule has 0 fully saturated rings. The first-order valence-electron chi connectivity index (χ1n) is 41.7. The Balaban J connectivity index is 3.98. The van der Waals surface area contributed by atoms with E-state index in [1.54, 1.807) is 0 Å². The van der Waals surface area contributed by atoms with Crippen LogP contribution in [0.15, 0.2) is 85.1 Å². The van der Waals surface area contributed by atoms with Crippen molar-refractivity contribution in [1.29, 1.82) is 0 Å². The van der Waals surface area contributed by atoms with E-state index in [9.17, 15) is 19.5 Å². The maximum absolute atomic E-state index is 13.0. The van der Waals surface area contributed by atoms with Crippen LogP contribution in [0, 0.1) is 0 Å². The lowest BCUT2D eigenvalue weighted by Crippen LogP contribution is -2.44. The van der Waals surface area contributed by atoms with Gasteiger partial charge in [0.15, 0.2) is 12.4 Å². The van der Waals surface area contributed by atoms with Crippen molar-refractivity contribution in [3.05, 3.63) is 85.1 Å². The third kappa shape index (κ3) is 79.7. The van der Waals surface area contributed by atoms with Crippen LogP contribution >= 0.6 is 0 Å². The second-order valence-corrected chi connectivity index (χ2v) is 29.4. The van der Waals surface area contributed by atoms with Crippen molar-refractivity contribution in [2.75, 3.05) is 47.5 Å². The Morgan fingerprint density at radius 1 is 0.320 bits per heavy atom. The van der Waals surface area contributed by atoms with E-state index in [4.69, 9.17) is 18.9 Å². The lowest BCUT2D eigenvalue weighted by molar-refractivity contribution is -0.870. The molecule has 0 saturated heterocycles. The second-order valence-electron chi connectivity index (χ2n) is 29.4. The monoisotopic (exact) mass is 1360 g/mol. The molecule has 0 aromatic heterocycles. The molecule has 0 radical (unpaired) electrons. The summed E-state index contributed by atoms with van der Waals surface area (Å²) >= 11 is 0. The van der Waals surface area contributed by atoms with Crippen molar-refractivity contribution in [2.45, 2.75) is 411 Å². The van der Waals surface area contributed by atoms with Gasteiger partial charge in [-0.05, 0) is 70.6 Å². The van der Waals surface area contributed by atoms with Gasteiger partial charge in [0.25, 0.3) is 0 Å². The Hall–Kier alpha value is -3.53. The van der Waals surface area contributed by atoms with Crippen molar-refractivity contribution in [2.24, 2.45) is 0 Å². The number of unbranched alkanes of at least 4 members (excludes halogenated alkanes) is 49. The third-order valence-corrected chi connectivity index (χ3v) is 18.7. The molecule has 0 rings (SSSR count). The van der Waals surface area contributed by atoms with E-state index in [0.29, 0.717) is 23.9 Å². The molecule has 0 saturated carbocycles. The number of quaternary nitrogens is 1. The van der Waals surface area contributed by atoms with E-state index in [-0.39, 0.29) is 32.2 Å². The van der Waals surface area contributed by atoms with Crippen molar-refractivity contribution in [3.63, 3.8) is 0 Å². The van der Waals surface area contributed by atoms with Crippen LogP contribution in [0.4, 0.5) is 0 Å². The molecule has 97 heavy (non-hydrogen) atoms. The number of carboxylic acids is 1. The molecule has 0 aliphatic rings. The van der Waals surface area contributed by atoms with Gasteiger partial charge >= 0.3 is 11.9 Å². The predicted molar refractivity (Wildman–Crippen MR) is 417 cm³/mol. The second kappa shape index (κ2) is 78.2. The normalized spacial score (nSPS) is 13.0. The van der Waals surface area contributed by atoms with Crippen LogP contribution in [-0.2, 0) is 33.3 Å². The van der Waals surface area contributed by atoms with Gasteiger partial charge in [0, 0.05) is 12.8 Å². The molecule has 0 aliphatic carbocycles. The van der Waals surface area contributed by atoms with E-state index in [2.05, 4.69) is 98.9 Å².